The fourth-order valence-electron chi connectivity index (χ4n) is 2.49. The number of aromatic nitrogens is 2. The van der Waals surface area contributed by atoms with Gasteiger partial charge in [0.05, 0.1) is 4.47 Å². The molecule has 0 saturated heterocycles. The van der Waals surface area contributed by atoms with Crippen molar-refractivity contribution in [1.29, 1.82) is 0 Å². The smallest absolute Gasteiger partial charge is 0.324 e. The Morgan fingerprint density at radius 1 is 1.20 bits per heavy atom. The van der Waals surface area contributed by atoms with Crippen LogP contribution in [0.3, 0.4) is 0 Å². The molecule has 0 bridgehead atoms. The van der Waals surface area contributed by atoms with Crippen LogP contribution in [-0.4, -0.2) is 22.2 Å². The molecule has 2 aromatic rings. The number of benzene rings is 1. The molecule has 132 valence electrons. The monoisotopic (exact) mass is 413 g/mol. The first-order valence-electron chi connectivity index (χ1n) is 7.41. The predicted molar refractivity (Wildman–Crippen MR) is 93.5 cm³/mol. The van der Waals surface area contributed by atoms with Crippen molar-refractivity contribution in [3.8, 4) is 0 Å². The third kappa shape index (κ3) is 4.10. The van der Waals surface area contributed by atoms with Crippen molar-refractivity contribution in [3.63, 3.8) is 0 Å². The van der Waals surface area contributed by atoms with Crippen molar-refractivity contribution < 1.29 is 13.2 Å². The second kappa shape index (κ2) is 6.64. The summed E-state index contributed by atoms with van der Waals surface area (Å²) in [7, 11) is 0. The minimum Gasteiger partial charge on any atom is -0.324 e. The first-order valence-corrected chi connectivity index (χ1v) is 8.20. The largest absolute Gasteiger partial charge is 0.409 e. The van der Waals surface area contributed by atoms with Gasteiger partial charge in [-0.25, -0.2) is 10.4 Å². The zero-order chi connectivity index (χ0) is 18.2. The van der Waals surface area contributed by atoms with Gasteiger partial charge in [0.15, 0.2) is 5.82 Å². The van der Waals surface area contributed by atoms with Crippen LogP contribution in [0.2, 0.25) is 0 Å². The maximum atomic E-state index is 12.8. The number of hydrogen-bond donors (Lipinski definition) is 2. The summed E-state index contributed by atoms with van der Waals surface area (Å²) in [6, 6.07) is 4.16. The molecule has 25 heavy (non-hydrogen) atoms. The van der Waals surface area contributed by atoms with Crippen LogP contribution in [0.15, 0.2) is 41.1 Å². The number of hydrogen-bond acceptors (Lipinski definition) is 5. The maximum Gasteiger partial charge on any atom is 0.409 e. The Bertz CT molecular complexity index is 802. The molecule has 0 saturated carbocycles. The average Bonchev–Trinajstić information content (AvgIpc) is 2.98. The Kier molecular flexibility index (Phi) is 4.70. The molecule has 1 aromatic carbocycles. The normalized spacial score (nSPS) is 17.2. The van der Waals surface area contributed by atoms with E-state index in [1.54, 1.807) is 0 Å². The highest BCUT2D eigenvalue weighted by Crippen LogP contribution is 2.30. The molecule has 3 rings (SSSR count). The molecule has 0 amide bonds. The molecule has 0 radical (unpaired) electrons. The molecule has 5 nitrogen and oxygen atoms in total. The van der Waals surface area contributed by atoms with E-state index in [9.17, 15) is 13.2 Å². The van der Waals surface area contributed by atoms with Crippen LogP contribution in [0.5, 0.6) is 0 Å². The summed E-state index contributed by atoms with van der Waals surface area (Å²) in [6.45, 7) is 3.95. The van der Waals surface area contributed by atoms with Crippen molar-refractivity contribution in [2.24, 2.45) is 0 Å². The van der Waals surface area contributed by atoms with E-state index < -0.39 is 12.2 Å². The lowest BCUT2D eigenvalue weighted by Crippen LogP contribution is -2.44. The number of alkyl halides is 3. The van der Waals surface area contributed by atoms with E-state index in [2.05, 4.69) is 36.6 Å². The van der Waals surface area contributed by atoms with Crippen LogP contribution in [0.25, 0.3) is 0 Å². The standard InChI is InChI=1S/C16H15BrF3N5/c1-9-5-10(2)7-11(6-9)22-15-21-8-12(17)14(23-15)25-4-3-13(24-25)16(18,19)20/h3-8,13,24H,1-2H3,(H,21,22,23). The summed E-state index contributed by atoms with van der Waals surface area (Å²) in [5, 5.41) is 4.29. The van der Waals surface area contributed by atoms with Crippen LogP contribution < -0.4 is 15.8 Å². The van der Waals surface area contributed by atoms with Crippen molar-refractivity contribution in [1.82, 2.24) is 15.4 Å². The maximum absolute atomic E-state index is 12.8. The Hall–Kier alpha value is -2.13. The lowest BCUT2D eigenvalue weighted by molar-refractivity contribution is -0.142. The highest BCUT2D eigenvalue weighted by Gasteiger charge is 2.41. The fraction of sp³-hybridized carbons (Fsp3) is 0.250. The van der Waals surface area contributed by atoms with E-state index in [1.165, 1.54) is 17.4 Å². The third-order valence-electron chi connectivity index (χ3n) is 3.49. The molecule has 0 aliphatic carbocycles. The number of hydrazine groups is 1. The van der Waals surface area contributed by atoms with Gasteiger partial charge in [-0.2, -0.15) is 18.2 Å². The number of nitrogens with one attached hydrogen (secondary N) is 2. The summed E-state index contributed by atoms with van der Waals surface area (Å²) < 4.78 is 38.9. The number of rotatable bonds is 3. The van der Waals surface area contributed by atoms with Crippen LogP contribution in [0, 0.1) is 13.8 Å². The lowest BCUT2D eigenvalue weighted by Gasteiger charge is -2.21. The van der Waals surface area contributed by atoms with Gasteiger partial charge in [0.2, 0.25) is 5.95 Å². The van der Waals surface area contributed by atoms with Crippen molar-refractivity contribution in [2.75, 3.05) is 10.3 Å². The van der Waals surface area contributed by atoms with Gasteiger partial charge in [-0.05, 0) is 59.1 Å². The van der Waals surface area contributed by atoms with Crippen molar-refractivity contribution >= 4 is 33.4 Å². The van der Waals surface area contributed by atoms with Gasteiger partial charge >= 0.3 is 6.18 Å². The summed E-state index contributed by atoms with van der Waals surface area (Å²) in [6.07, 6.45) is -0.550. The Labute approximate surface area is 151 Å². The molecule has 1 unspecified atom stereocenters. The van der Waals surface area contributed by atoms with Gasteiger partial charge in [-0.3, -0.25) is 5.01 Å². The molecular weight excluding hydrogens is 399 g/mol. The van der Waals surface area contributed by atoms with E-state index in [4.69, 9.17) is 0 Å². The van der Waals surface area contributed by atoms with Crippen LogP contribution in [0.4, 0.5) is 30.6 Å². The highest BCUT2D eigenvalue weighted by molar-refractivity contribution is 9.10. The van der Waals surface area contributed by atoms with E-state index >= 15 is 0 Å². The van der Waals surface area contributed by atoms with E-state index in [1.807, 2.05) is 32.0 Å². The number of anilines is 3. The van der Waals surface area contributed by atoms with E-state index in [-0.39, 0.29) is 11.8 Å². The van der Waals surface area contributed by atoms with Gasteiger partial charge in [0.25, 0.3) is 0 Å². The van der Waals surface area contributed by atoms with Gasteiger partial charge in [-0.1, -0.05) is 6.07 Å². The topological polar surface area (TPSA) is 53.1 Å². The third-order valence-corrected chi connectivity index (χ3v) is 4.05. The zero-order valence-electron chi connectivity index (χ0n) is 13.4. The second-order valence-corrected chi connectivity index (χ2v) is 6.58. The summed E-state index contributed by atoms with van der Waals surface area (Å²) in [5.74, 6) is 0.568. The highest BCUT2D eigenvalue weighted by atomic mass is 79.9. The minimum absolute atomic E-state index is 0.282. The second-order valence-electron chi connectivity index (χ2n) is 5.73. The number of halogens is 4. The lowest BCUT2D eigenvalue weighted by atomic mass is 10.1. The molecular formula is C16H15BrF3N5. The Morgan fingerprint density at radius 2 is 1.88 bits per heavy atom. The number of aryl methyl sites for hydroxylation is 2. The zero-order valence-corrected chi connectivity index (χ0v) is 15.0. The molecule has 1 aromatic heterocycles. The quantitative estimate of drug-likeness (QED) is 0.782. The minimum atomic E-state index is -4.37. The van der Waals surface area contributed by atoms with Crippen LogP contribution in [0.1, 0.15) is 11.1 Å². The first-order chi connectivity index (χ1) is 11.7. The first kappa shape index (κ1) is 17.7. The number of nitrogens with zero attached hydrogens (tertiary/aromatic N) is 3. The molecule has 0 spiro atoms. The fourth-order valence-corrected chi connectivity index (χ4v) is 2.87. The average molecular weight is 414 g/mol. The van der Waals surface area contributed by atoms with Crippen LogP contribution >= 0.6 is 15.9 Å². The molecule has 0 fully saturated rings. The Morgan fingerprint density at radius 3 is 2.48 bits per heavy atom. The van der Waals surface area contributed by atoms with E-state index in [0.29, 0.717) is 4.47 Å². The summed E-state index contributed by atoms with van der Waals surface area (Å²) in [5.41, 5.74) is 5.32. The van der Waals surface area contributed by atoms with Crippen molar-refractivity contribution in [2.45, 2.75) is 26.1 Å². The Balaban J connectivity index is 1.83. The molecule has 2 heterocycles. The van der Waals surface area contributed by atoms with Gasteiger partial charge in [0.1, 0.15) is 6.04 Å². The van der Waals surface area contributed by atoms with Crippen molar-refractivity contribution in [3.05, 3.63) is 52.3 Å². The molecule has 1 atom stereocenters. The van der Waals surface area contributed by atoms with Crippen LogP contribution in [-0.2, 0) is 0 Å². The summed E-state index contributed by atoms with van der Waals surface area (Å²) >= 11 is 3.27. The molecule has 1 aliphatic heterocycles. The summed E-state index contributed by atoms with van der Waals surface area (Å²) in [4.78, 5) is 8.46. The molecule has 2 N–H and O–H groups in total. The molecule has 9 heteroatoms. The van der Waals surface area contributed by atoms with Gasteiger partial charge in [-0.15, -0.1) is 0 Å². The van der Waals surface area contributed by atoms with E-state index in [0.717, 1.165) is 22.9 Å². The predicted octanol–water partition coefficient (Wildman–Crippen LogP) is 4.37. The van der Waals surface area contributed by atoms with Gasteiger partial charge < -0.3 is 5.32 Å². The SMILES string of the molecule is Cc1cc(C)cc(Nc2ncc(Br)c(N3C=CC(C(F)(F)F)N3)n2)c1. The molecule has 1 aliphatic rings. The van der Waals surface area contributed by atoms with Gasteiger partial charge in [0, 0.05) is 18.1 Å².